The normalized spacial score (nSPS) is 10.4. The van der Waals surface area contributed by atoms with Crippen LogP contribution in [0.15, 0.2) is 22.7 Å². The number of aromatic carboxylic acids is 1. The predicted molar refractivity (Wildman–Crippen MR) is 71.7 cm³/mol. The van der Waals surface area contributed by atoms with Gasteiger partial charge >= 0.3 is 5.97 Å². The number of carbonyl (C=O) groups is 2. The molecule has 7 heteroatoms. The van der Waals surface area contributed by atoms with Crippen molar-refractivity contribution in [3.8, 4) is 0 Å². The maximum absolute atomic E-state index is 13.3. The van der Waals surface area contributed by atoms with Gasteiger partial charge in [-0.2, -0.15) is 0 Å². The van der Waals surface area contributed by atoms with E-state index in [1.807, 2.05) is 0 Å². The Balaban J connectivity index is 2.13. The number of hydrogen-bond donors (Lipinski definition) is 2. The van der Waals surface area contributed by atoms with Gasteiger partial charge < -0.3 is 14.9 Å². The lowest BCUT2D eigenvalue weighted by Gasteiger charge is -2.06. The summed E-state index contributed by atoms with van der Waals surface area (Å²) >= 11 is 0. The fourth-order valence-corrected chi connectivity index (χ4v) is 1.89. The summed E-state index contributed by atoms with van der Waals surface area (Å²) in [6, 6.07) is 3.37. The van der Waals surface area contributed by atoms with E-state index in [1.165, 1.54) is 6.07 Å². The predicted octanol–water partition coefficient (Wildman–Crippen LogP) is 2.31. The van der Waals surface area contributed by atoms with Gasteiger partial charge in [0.2, 0.25) is 5.91 Å². The second-order valence-corrected chi connectivity index (χ2v) is 4.53. The topological polar surface area (TPSA) is 92.4 Å². The van der Waals surface area contributed by atoms with E-state index in [0.29, 0.717) is 17.0 Å². The van der Waals surface area contributed by atoms with Crippen LogP contribution in [-0.4, -0.2) is 22.1 Å². The summed E-state index contributed by atoms with van der Waals surface area (Å²) in [6.07, 6.45) is 0.0426. The number of hydrogen-bond acceptors (Lipinski definition) is 4. The van der Waals surface area contributed by atoms with Crippen LogP contribution in [0.1, 0.15) is 27.4 Å². The number of aromatic nitrogens is 1. The van der Waals surface area contributed by atoms with Crippen molar-refractivity contribution in [3.05, 3.63) is 46.6 Å². The standard InChI is InChI=1S/C14H13FN2O4/c1-7-10(8(2)21-17-7)6-13(18)16-9-3-4-12(15)11(5-9)14(19)20/h3-5H,6H2,1-2H3,(H,16,18)(H,19,20). The van der Waals surface area contributed by atoms with Crippen LogP contribution < -0.4 is 5.32 Å². The Kier molecular flexibility index (Phi) is 4.02. The van der Waals surface area contributed by atoms with Crippen LogP contribution in [0.5, 0.6) is 0 Å². The Morgan fingerprint density at radius 2 is 2.10 bits per heavy atom. The van der Waals surface area contributed by atoms with Crippen molar-refractivity contribution in [3.63, 3.8) is 0 Å². The summed E-state index contributed by atoms with van der Waals surface area (Å²) < 4.78 is 18.2. The molecule has 1 aromatic carbocycles. The first kappa shape index (κ1) is 14.7. The molecule has 2 aromatic rings. The van der Waals surface area contributed by atoms with Gasteiger partial charge in [-0.1, -0.05) is 5.16 Å². The number of carboxylic acids is 1. The zero-order valence-electron chi connectivity index (χ0n) is 11.4. The molecule has 110 valence electrons. The van der Waals surface area contributed by atoms with Crippen molar-refractivity contribution in [1.82, 2.24) is 5.16 Å². The van der Waals surface area contributed by atoms with E-state index in [-0.39, 0.29) is 18.0 Å². The highest BCUT2D eigenvalue weighted by Crippen LogP contribution is 2.17. The summed E-state index contributed by atoms with van der Waals surface area (Å²) in [5, 5.41) is 15.1. The first-order valence-electron chi connectivity index (χ1n) is 6.13. The zero-order valence-corrected chi connectivity index (χ0v) is 11.4. The second kappa shape index (κ2) is 5.74. The van der Waals surface area contributed by atoms with Crippen molar-refractivity contribution in [1.29, 1.82) is 0 Å². The minimum Gasteiger partial charge on any atom is -0.478 e. The lowest BCUT2D eigenvalue weighted by molar-refractivity contribution is -0.115. The molecule has 1 amide bonds. The monoisotopic (exact) mass is 292 g/mol. The molecular formula is C14H13FN2O4. The van der Waals surface area contributed by atoms with E-state index >= 15 is 0 Å². The highest BCUT2D eigenvalue weighted by atomic mass is 19.1. The van der Waals surface area contributed by atoms with E-state index in [9.17, 15) is 14.0 Å². The molecule has 0 radical (unpaired) electrons. The molecule has 0 spiro atoms. The van der Waals surface area contributed by atoms with Crippen molar-refractivity contribution in [2.24, 2.45) is 0 Å². The van der Waals surface area contributed by atoms with E-state index in [1.54, 1.807) is 13.8 Å². The summed E-state index contributed by atoms with van der Waals surface area (Å²) in [4.78, 5) is 22.8. The maximum atomic E-state index is 13.3. The summed E-state index contributed by atoms with van der Waals surface area (Å²) in [5.74, 6) is -2.07. The van der Waals surface area contributed by atoms with Crippen LogP contribution >= 0.6 is 0 Å². The third-order valence-electron chi connectivity index (χ3n) is 3.00. The van der Waals surface area contributed by atoms with Crippen molar-refractivity contribution >= 4 is 17.6 Å². The van der Waals surface area contributed by atoms with Crippen molar-refractivity contribution < 1.29 is 23.6 Å². The van der Waals surface area contributed by atoms with Crippen molar-refractivity contribution in [2.45, 2.75) is 20.3 Å². The van der Waals surface area contributed by atoms with E-state index < -0.39 is 17.3 Å². The molecule has 1 heterocycles. The van der Waals surface area contributed by atoms with Crippen LogP contribution in [0, 0.1) is 19.7 Å². The Morgan fingerprint density at radius 1 is 1.38 bits per heavy atom. The smallest absolute Gasteiger partial charge is 0.338 e. The van der Waals surface area contributed by atoms with Gasteiger partial charge in [-0.05, 0) is 32.0 Å². The van der Waals surface area contributed by atoms with Crippen LogP contribution in [0.3, 0.4) is 0 Å². The molecular weight excluding hydrogens is 279 g/mol. The highest BCUT2D eigenvalue weighted by Gasteiger charge is 2.15. The van der Waals surface area contributed by atoms with Crippen LogP contribution in [0.4, 0.5) is 10.1 Å². The molecule has 0 atom stereocenters. The number of carbonyl (C=O) groups excluding carboxylic acids is 1. The second-order valence-electron chi connectivity index (χ2n) is 4.53. The molecule has 0 aliphatic heterocycles. The fraction of sp³-hybridized carbons (Fsp3) is 0.214. The molecule has 0 aliphatic carbocycles. The van der Waals surface area contributed by atoms with Gasteiger partial charge in [0.05, 0.1) is 17.7 Å². The molecule has 0 unspecified atom stereocenters. The lowest BCUT2D eigenvalue weighted by Crippen LogP contribution is -2.15. The van der Waals surface area contributed by atoms with E-state index in [4.69, 9.17) is 9.63 Å². The molecule has 0 bridgehead atoms. The number of halogens is 1. The minimum atomic E-state index is -1.39. The number of anilines is 1. The summed E-state index contributed by atoms with van der Waals surface area (Å²) in [5.41, 5.74) is 1.01. The van der Waals surface area contributed by atoms with Crippen LogP contribution in [-0.2, 0) is 11.2 Å². The Bertz CT molecular complexity index is 689. The van der Waals surface area contributed by atoms with Gasteiger partial charge in [-0.15, -0.1) is 0 Å². The van der Waals surface area contributed by atoms with Crippen molar-refractivity contribution in [2.75, 3.05) is 5.32 Å². The summed E-state index contributed by atoms with van der Waals surface area (Å²) in [6.45, 7) is 3.42. The number of carboxylic acid groups (broad SMARTS) is 1. The maximum Gasteiger partial charge on any atom is 0.338 e. The number of aryl methyl sites for hydroxylation is 2. The van der Waals surface area contributed by atoms with Gasteiger partial charge in [0.15, 0.2) is 0 Å². The molecule has 21 heavy (non-hydrogen) atoms. The van der Waals surface area contributed by atoms with Crippen LogP contribution in [0.25, 0.3) is 0 Å². The van der Waals surface area contributed by atoms with Gasteiger partial charge in [0, 0.05) is 11.3 Å². The third-order valence-corrected chi connectivity index (χ3v) is 3.00. The van der Waals surface area contributed by atoms with Crippen LogP contribution in [0.2, 0.25) is 0 Å². The first-order chi connectivity index (χ1) is 9.88. The summed E-state index contributed by atoms with van der Waals surface area (Å²) in [7, 11) is 0. The lowest BCUT2D eigenvalue weighted by atomic mass is 10.1. The molecule has 2 N–H and O–H groups in total. The SMILES string of the molecule is Cc1noc(C)c1CC(=O)Nc1ccc(F)c(C(=O)O)c1. The minimum absolute atomic E-state index is 0.0426. The van der Waals surface area contributed by atoms with E-state index in [2.05, 4.69) is 10.5 Å². The number of nitrogens with zero attached hydrogens (tertiary/aromatic N) is 1. The molecule has 6 nitrogen and oxygen atoms in total. The van der Waals surface area contributed by atoms with Gasteiger partial charge in [-0.3, -0.25) is 4.79 Å². The number of amides is 1. The van der Waals surface area contributed by atoms with Gasteiger partial charge in [-0.25, -0.2) is 9.18 Å². The zero-order chi connectivity index (χ0) is 15.6. The first-order valence-corrected chi connectivity index (χ1v) is 6.13. The largest absolute Gasteiger partial charge is 0.478 e. The molecule has 0 saturated heterocycles. The fourth-order valence-electron chi connectivity index (χ4n) is 1.89. The third kappa shape index (κ3) is 3.25. The molecule has 1 aromatic heterocycles. The Hall–Kier alpha value is -2.70. The average molecular weight is 292 g/mol. The van der Waals surface area contributed by atoms with Gasteiger partial charge in [0.1, 0.15) is 11.6 Å². The average Bonchev–Trinajstić information content (AvgIpc) is 2.72. The number of nitrogens with one attached hydrogen (secondary N) is 1. The van der Waals surface area contributed by atoms with Gasteiger partial charge in [0.25, 0.3) is 0 Å². The molecule has 0 saturated carbocycles. The number of benzene rings is 1. The highest BCUT2D eigenvalue weighted by molar-refractivity contribution is 5.95. The molecule has 2 rings (SSSR count). The number of rotatable bonds is 4. The molecule has 0 aliphatic rings. The molecule has 0 fully saturated rings. The Morgan fingerprint density at radius 3 is 2.67 bits per heavy atom. The quantitative estimate of drug-likeness (QED) is 0.902. The Labute approximate surface area is 119 Å². The van der Waals surface area contributed by atoms with E-state index in [0.717, 1.165) is 12.1 Å².